The molecule has 2 rings (SSSR count). The first kappa shape index (κ1) is 27.0. The Balaban J connectivity index is 2.21. The molecule has 1 amide bonds. The minimum atomic E-state index is -2.39. The average molecular weight is 479 g/mol. The summed E-state index contributed by atoms with van der Waals surface area (Å²) in [6, 6.07) is -0.0420. The van der Waals surface area contributed by atoms with Gasteiger partial charge in [0.25, 0.3) is 0 Å². The Bertz CT molecular complexity index is 845. The van der Waals surface area contributed by atoms with E-state index in [1.807, 2.05) is 18.4 Å². The maximum atomic E-state index is 12.6. The van der Waals surface area contributed by atoms with Gasteiger partial charge in [-0.25, -0.2) is 8.78 Å². The number of carbonyl (C=O) groups is 1. The molecule has 1 atom stereocenters. The van der Waals surface area contributed by atoms with Gasteiger partial charge in [-0.2, -0.15) is 0 Å². The lowest BCUT2D eigenvalue weighted by atomic mass is 10.0. The summed E-state index contributed by atoms with van der Waals surface area (Å²) in [6.45, 7) is 9.29. The summed E-state index contributed by atoms with van der Waals surface area (Å²) < 4.78 is 25.2. The third-order valence-corrected chi connectivity index (χ3v) is 6.39. The molecule has 0 spiro atoms. The number of alkyl halides is 2. The van der Waals surface area contributed by atoms with Crippen LogP contribution in [0.25, 0.3) is 0 Å². The normalized spacial score (nSPS) is 19.1. The molecule has 0 saturated carbocycles. The van der Waals surface area contributed by atoms with Gasteiger partial charge < -0.3 is 10.2 Å². The fraction of sp³-hybridized carbons (Fsp3) is 0.560. The Kier molecular flexibility index (Phi) is 11.6. The lowest BCUT2D eigenvalue weighted by molar-refractivity contribution is -0.121. The number of aliphatic imine (C=N–C) groups is 2. The highest BCUT2D eigenvalue weighted by Crippen LogP contribution is 2.34. The van der Waals surface area contributed by atoms with Crippen molar-refractivity contribution in [3.05, 3.63) is 46.4 Å². The number of fused-ring (bicyclic) bond motifs is 1. The summed E-state index contributed by atoms with van der Waals surface area (Å²) in [5.41, 5.74) is 2.59. The molecule has 1 N–H and O–H groups in total. The zero-order valence-electron chi connectivity index (χ0n) is 19.9. The van der Waals surface area contributed by atoms with Gasteiger partial charge >= 0.3 is 0 Å². The Morgan fingerprint density at radius 1 is 1.39 bits per heavy atom. The highest BCUT2D eigenvalue weighted by Gasteiger charge is 2.36. The Morgan fingerprint density at radius 2 is 2.18 bits per heavy atom. The standard InChI is InChI=1S/C25H36F2N4OS/c1-5-7-8-9-13-24(32)30-19-15-22-20(21(28-4)11-10-12-23(26)27)16-29-25(31(22)17-19)18(3)33-14-6-2/h6,10-11,14,19,23H,3,5,7-9,12-13,15-17H2,1-2,4H3,(H,30,32)/b11-10-,14-6-,28-21?. The molecular weight excluding hydrogens is 442 g/mol. The van der Waals surface area contributed by atoms with E-state index in [0.29, 0.717) is 31.6 Å². The summed E-state index contributed by atoms with van der Waals surface area (Å²) in [6.07, 6.45) is 7.78. The molecular formula is C25H36F2N4OS. The van der Waals surface area contributed by atoms with Crippen LogP contribution in [0, 0.1) is 0 Å². The van der Waals surface area contributed by atoms with E-state index < -0.39 is 6.43 Å². The van der Waals surface area contributed by atoms with Crippen LogP contribution in [0.3, 0.4) is 0 Å². The van der Waals surface area contributed by atoms with Crippen LogP contribution in [0.5, 0.6) is 0 Å². The van der Waals surface area contributed by atoms with E-state index in [9.17, 15) is 13.6 Å². The molecule has 2 heterocycles. The Labute approximate surface area is 200 Å². The van der Waals surface area contributed by atoms with Crippen LogP contribution < -0.4 is 5.32 Å². The number of hydrogen-bond acceptors (Lipinski definition) is 5. The number of amides is 1. The number of allylic oxidation sites excluding steroid dienone is 3. The molecule has 1 saturated heterocycles. The first-order valence-electron chi connectivity index (χ1n) is 11.6. The van der Waals surface area contributed by atoms with Crippen molar-refractivity contribution in [2.75, 3.05) is 20.1 Å². The third-order valence-electron chi connectivity index (χ3n) is 5.52. The van der Waals surface area contributed by atoms with E-state index in [2.05, 4.69) is 28.7 Å². The number of amidine groups is 1. The van der Waals surface area contributed by atoms with Crippen molar-refractivity contribution in [2.24, 2.45) is 9.98 Å². The van der Waals surface area contributed by atoms with Crippen molar-refractivity contribution >= 4 is 29.2 Å². The van der Waals surface area contributed by atoms with Crippen molar-refractivity contribution in [2.45, 2.75) is 71.3 Å². The van der Waals surface area contributed by atoms with Gasteiger partial charge in [0.05, 0.1) is 18.3 Å². The lowest BCUT2D eigenvalue weighted by Gasteiger charge is -2.29. The number of nitrogens with one attached hydrogen (secondary N) is 1. The molecule has 8 heteroatoms. The van der Waals surface area contributed by atoms with Crippen LogP contribution in [0.15, 0.2) is 56.4 Å². The molecule has 0 bridgehead atoms. The fourth-order valence-electron chi connectivity index (χ4n) is 3.94. The van der Waals surface area contributed by atoms with Gasteiger partial charge in [-0.05, 0) is 24.8 Å². The molecule has 182 valence electrons. The summed E-state index contributed by atoms with van der Waals surface area (Å²) in [5.74, 6) is 0.864. The molecule has 0 aromatic heterocycles. The second-order valence-electron chi connectivity index (χ2n) is 8.10. The van der Waals surface area contributed by atoms with E-state index in [0.717, 1.165) is 47.7 Å². The van der Waals surface area contributed by atoms with Crippen LogP contribution in [0.1, 0.15) is 58.8 Å². The molecule has 0 aliphatic carbocycles. The topological polar surface area (TPSA) is 57.1 Å². The molecule has 0 radical (unpaired) electrons. The van der Waals surface area contributed by atoms with Gasteiger partial charge in [0.1, 0.15) is 5.84 Å². The zero-order chi connectivity index (χ0) is 24.2. The molecule has 2 aliphatic rings. The predicted octanol–water partition coefficient (Wildman–Crippen LogP) is 5.88. The maximum Gasteiger partial charge on any atom is 0.242 e. The molecule has 2 aliphatic heterocycles. The van der Waals surface area contributed by atoms with Crippen LogP contribution in [0.4, 0.5) is 8.78 Å². The fourth-order valence-corrected chi connectivity index (χ4v) is 4.52. The first-order valence-corrected chi connectivity index (χ1v) is 12.5. The van der Waals surface area contributed by atoms with Gasteiger partial charge in [-0.15, -0.1) is 0 Å². The van der Waals surface area contributed by atoms with Crippen molar-refractivity contribution in [3.63, 3.8) is 0 Å². The van der Waals surface area contributed by atoms with Crippen LogP contribution in [-0.4, -0.2) is 55.0 Å². The highest BCUT2D eigenvalue weighted by atomic mass is 32.2. The van der Waals surface area contributed by atoms with Crippen LogP contribution in [-0.2, 0) is 4.79 Å². The van der Waals surface area contributed by atoms with Crippen LogP contribution >= 0.6 is 11.8 Å². The van der Waals surface area contributed by atoms with E-state index >= 15 is 0 Å². The second-order valence-corrected chi connectivity index (χ2v) is 9.10. The van der Waals surface area contributed by atoms with Gasteiger partial charge in [0, 0.05) is 49.0 Å². The van der Waals surface area contributed by atoms with Crippen molar-refractivity contribution < 1.29 is 13.6 Å². The summed E-state index contributed by atoms with van der Waals surface area (Å²) in [7, 11) is 1.66. The molecule has 5 nitrogen and oxygen atoms in total. The zero-order valence-corrected chi connectivity index (χ0v) is 20.8. The van der Waals surface area contributed by atoms with Crippen molar-refractivity contribution in [1.29, 1.82) is 0 Å². The SMILES string of the molecule is C=C(S/C=C\C)C1=NCC(C(/C=C\CC(F)F)=NC)=C2CC(NC(=O)CCCCCC)CN12. The van der Waals surface area contributed by atoms with Gasteiger partial charge in [0.2, 0.25) is 12.3 Å². The van der Waals surface area contributed by atoms with Gasteiger partial charge in [-0.1, -0.05) is 56.7 Å². The average Bonchev–Trinajstić information content (AvgIpc) is 3.20. The van der Waals surface area contributed by atoms with E-state index in [4.69, 9.17) is 4.99 Å². The highest BCUT2D eigenvalue weighted by molar-refractivity contribution is 8.06. The Hall–Kier alpha value is -2.22. The number of thioether (sulfide) groups is 1. The smallest absolute Gasteiger partial charge is 0.242 e. The first-order chi connectivity index (χ1) is 15.9. The maximum absolute atomic E-state index is 12.6. The van der Waals surface area contributed by atoms with Crippen molar-refractivity contribution in [1.82, 2.24) is 10.2 Å². The largest absolute Gasteiger partial charge is 0.351 e. The quantitative estimate of drug-likeness (QED) is 0.266. The predicted molar refractivity (Wildman–Crippen MR) is 136 cm³/mol. The Morgan fingerprint density at radius 3 is 2.85 bits per heavy atom. The van der Waals surface area contributed by atoms with Crippen LogP contribution in [0.2, 0.25) is 0 Å². The number of nitrogens with zero attached hydrogens (tertiary/aromatic N) is 3. The minimum Gasteiger partial charge on any atom is -0.351 e. The summed E-state index contributed by atoms with van der Waals surface area (Å²) in [4.78, 5) is 24.5. The van der Waals surface area contributed by atoms with E-state index in [1.54, 1.807) is 13.1 Å². The minimum absolute atomic E-state index is 0.0420. The summed E-state index contributed by atoms with van der Waals surface area (Å²) >= 11 is 1.51. The number of halogens is 2. The molecule has 0 aromatic rings. The number of hydrogen-bond donors (Lipinski definition) is 1. The van der Waals surface area contributed by atoms with E-state index in [1.165, 1.54) is 17.8 Å². The molecule has 1 unspecified atom stereocenters. The molecule has 1 fully saturated rings. The molecule has 33 heavy (non-hydrogen) atoms. The molecule has 0 aromatic carbocycles. The van der Waals surface area contributed by atoms with Gasteiger partial charge in [0.15, 0.2) is 0 Å². The van der Waals surface area contributed by atoms with Gasteiger partial charge in [-0.3, -0.25) is 14.8 Å². The van der Waals surface area contributed by atoms with E-state index in [-0.39, 0.29) is 18.4 Å². The third kappa shape index (κ3) is 8.25. The summed E-state index contributed by atoms with van der Waals surface area (Å²) in [5, 5.41) is 5.13. The number of unbranched alkanes of at least 4 members (excludes halogenated alkanes) is 3. The number of rotatable bonds is 13. The number of carbonyl (C=O) groups excluding carboxylic acids is 1. The van der Waals surface area contributed by atoms with Crippen molar-refractivity contribution in [3.8, 4) is 0 Å². The monoisotopic (exact) mass is 478 g/mol. The lowest BCUT2D eigenvalue weighted by Crippen LogP contribution is -2.39. The second kappa shape index (κ2) is 14.1.